The molecule has 1 atom stereocenters. The van der Waals surface area contributed by atoms with Crippen molar-refractivity contribution in [3.05, 3.63) is 61.2 Å². The SMILES string of the molecule is C=CCCC(=O)N[C@H](COC(=O)N(C)CC=C)c1ccccc1. The number of nitrogens with zero attached hydrogens (tertiary/aromatic N) is 1. The Labute approximate surface area is 137 Å². The van der Waals surface area contributed by atoms with E-state index in [1.54, 1.807) is 19.2 Å². The molecule has 5 nitrogen and oxygen atoms in total. The maximum atomic E-state index is 11.9. The van der Waals surface area contributed by atoms with Crippen molar-refractivity contribution in [2.24, 2.45) is 0 Å². The minimum absolute atomic E-state index is 0.0736. The van der Waals surface area contributed by atoms with Gasteiger partial charge in [-0.3, -0.25) is 4.79 Å². The predicted molar refractivity (Wildman–Crippen MR) is 90.9 cm³/mol. The van der Waals surface area contributed by atoms with E-state index < -0.39 is 6.09 Å². The van der Waals surface area contributed by atoms with E-state index >= 15 is 0 Å². The molecule has 0 radical (unpaired) electrons. The highest BCUT2D eigenvalue weighted by Crippen LogP contribution is 2.14. The molecule has 0 bridgehead atoms. The summed E-state index contributed by atoms with van der Waals surface area (Å²) in [6.07, 6.45) is 3.83. The van der Waals surface area contributed by atoms with Crippen LogP contribution in [0.2, 0.25) is 0 Å². The smallest absolute Gasteiger partial charge is 0.409 e. The summed E-state index contributed by atoms with van der Waals surface area (Å²) < 4.78 is 5.28. The first-order valence-corrected chi connectivity index (χ1v) is 7.52. The number of carbonyl (C=O) groups is 2. The van der Waals surface area contributed by atoms with Crippen LogP contribution in [-0.2, 0) is 9.53 Å². The van der Waals surface area contributed by atoms with Gasteiger partial charge in [-0.25, -0.2) is 4.79 Å². The van der Waals surface area contributed by atoms with Crippen molar-refractivity contribution in [2.75, 3.05) is 20.2 Å². The van der Waals surface area contributed by atoms with Crippen molar-refractivity contribution in [2.45, 2.75) is 18.9 Å². The van der Waals surface area contributed by atoms with Crippen LogP contribution in [0.15, 0.2) is 55.6 Å². The minimum Gasteiger partial charge on any atom is -0.447 e. The van der Waals surface area contributed by atoms with Crippen LogP contribution in [0.4, 0.5) is 4.79 Å². The van der Waals surface area contributed by atoms with Gasteiger partial charge in [-0.2, -0.15) is 0 Å². The molecule has 0 heterocycles. The second kappa shape index (κ2) is 10.2. The standard InChI is InChI=1S/C18H24N2O3/c1-4-6-12-17(21)19-16(15-10-8-7-9-11-15)14-23-18(22)20(3)13-5-2/h4-5,7-11,16H,1-2,6,12-14H2,3H3,(H,19,21)/t16-/m1/s1. The summed E-state index contributed by atoms with van der Waals surface area (Å²) in [6, 6.07) is 9.05. The van der Waals surface area contributed by atoms with E-state index in [1.807, 2.05) is 30.3 Å². The highest BCUT2D eigenvalue weighted by molar-refractivity contribution is 5.76. The highest BCUT2D eigenvalue weighted by Gasteiger charge is 2.17. The van der Waals surface area contributed by atoms with Crippen molar-refractivity contribution in [1.82, 2.24) is 10.2 Å². The largest absolute Gasteiger partial charge is 0.447 e. The Morgan fingerprint density at radius 3 is 2.57 bits per heavy atom. The molecule has 0 saturated heterocycles. The van der Waals surface area contributed by atoms with Crippen molar-refractivity contribution >= 4 is 12.0 Å². The fourth-order valence-corrected chi connectivity index (χ4v) is 1.94. The van der Waals surface area contributed by atoms with Gasteiger partial charge in [0.2, 0.25) is 5.91 Å². The van der Waals surface area contributed by atoms with Crippen LogP contribution in [0.5, 0.6) is 0 Å². The average molecular weight is 316 g/mol. The molecule has 0 spiro atoms. The predicted octanol–water partition coefficient (Wildman–Crippen LogP) is 3.06. The van der Waals surface area contributed by atoms with Gasteiger partial charge in [0, 0.05) is 20.0 Å². The average Bonchev–Trinajstić information content (AvgIpc) is 2.57. The number of hydrogen-bond donors (Lipinski definition) is 1. The number of likely N-dealkylation sites (N-methyl/N-ethyl adjacent to an activating group) is 1. The van der Waals surface area contributed by atoms with Crippen molar-refractivity contribution in [3.63, 3.8) is 0 Å². The molecule has 0 aliphatic heterocycles. The summed E-state index contributed by atoms with van der Waals surface area (Å²) in [6.45, 7) is 7.66. The Kier molecular flexibility index (Phi) is 8.21. The molecule has 0 aliphatic rings. The molecule has 124 valence electrons. The molecule has 1 aromatic carbocycles. The Bertz CT molecular complexity index is 528. The molecule has 0 fully saturated rings. The zero-order valence-corrected chi connectivity index (χ0v) is 13.5. The van der Waals surface area contributed by atoms with E-state index in [2.05, 4.69) is 18.5 Å². The third-order valence-corrected chi connectivity index (χ3v) is 3.20. The molecular weight excluding hydrogens is 292 g/mol. The Hall–Kier alpha value is -2.56. The highest BCUT2D eigenvalue weighted by atomic mass is 16.6. The van der Waals surface area contributed by atoms with Crippen molar-refractivity contribution in [1.29, 1.82) is 0 Å². The molecule has 1 aromatic rings. The van der Waals surface area contributed by atoms with Crippen molar-refractivity contribution < 1.29 is 14.3 Å². The Balaban J connectivity index is 2.68. The van der Waals surface area contributed by atoms with Crippen LogP contribution < -0.4 is 5.32 Å². The molecule has 1 N–H and O–H groups in total. The third-order valence-electron chi connectivity index (χ3n) is 3.20. The zero-order chi connectivity index (χ0) is 17.1. The molecule has 0 saturated carbocycles. The molecule has 23 heavy (non-hydrogen) atoms. The lowest BCUT2D eigenvalue weighted by Gasteiger charge is -2.21. The maximum absolute atomic E-state index is 11.9. The van der Waals surface area contributed by atoms with Gasteiger partial charge in [0.25, 0.3) is 0 Å². The number of nitrogens with one attached hydrogen (secondary N) is 1. The normalized spacial score (nSPS) is 11.2. The lowest BCUT2D eigenvalue weighted by atomic mass is 10.1. The lowest BCUT2D eigenvalue weighted by Crippen LogP contribution is -2.34. The lowest BCUT2D eigenvalue weighted by molar-refractivity contribution is -0.122. The van der Waals surface area contributed by atoms with Crippen LogP contribution in [0.25, 0.3) is 0 Å². The van der Waals surface area contributed by atoms with Gasteiger partial charge in [0.1, 0.15) is 6.61 Å². The second-order valence-electron chi connectivity index (χ2n) is 5.10. The quantitative estimate of drug-likeness (QED) is 0.712. The monoisotopic (exact) mass is 316 g/mol. The molecule has 1 rings (SSSR count). The van der Waals surface area contributed by atoms with Crippen LogP contribution >= 0.6 is 0 Å². The fourth-order valence-electron chi connectivity index (χ4n) is 1.94. The van der Waals surface area contributed by atoms with Gasteiger partial charge in [-0.05, 0) is 12.0 Å². The summed E-state index contributed by atoms with van der Waals surface area (Å²) in [5, 5.41) is 2.89. The maximum Gasteiger partial charge on any atom is 0.409 e. The number of ether oxygens (including phenoxy) is 1. The van der Waals surface area contributed by atoms with Gasteiger partial charge in [0.05, 0.1) is 6.04 Å². The van der Waals surface area contributed by atoms with Crippen LogP contribution in [0.1, 0.15) is 24.4 Å². The number of carbonyl (C=O) groups excluding carboxylic acids is 2. The van der Waals surface area contributed by atoms with Crippen LogP contribution in [0, 0.1) is 0 Å². The first-order valence-electron chi connectivity index (χ1n) is 7.52. The number of allylic oxidation sites excluding steroid dienone is 1. The minimum atomic E-state index is -0.453. The number of amides is 2. The number of rotatable bonds is 9. The first-order chi connectivity index (χ1) is 11.1. The van der Waals surface area contributed by atoms with Gasteiger partial charge >= 0.3 is 6.09 Å². The van der Waals surface area contributed by atoms with E-state index in [9.17, 15) is 9.59 Å². The van der Waals surface area contributed by atoms with E-state index in [0.29, 0.717) is 19.4 Å². The summed E-state index contributed by atoms with van der Waals surface area (Å²) in [4.78, 5) is 25.2. The molecule has 0 aromatic heterocycles. The van der Waals surface area contributed by atoms with E-state index in [4.69, 9.17) is 4.74 Å². The van der Waals surface area contributed by atoms with Gasteiger partial charge in [-0.1, -0.05) is 42.5 Å². The van der Waals surface area contributed by atoms with Crippen LogP contribution in [0.3, 0.4) is 0 Å². The second-order valence-corrected chi connectivity index (χ2v) is 5.10. The Morgan fingerprint density at radius 1 is 1.26 bits per heavy atom. The number of hydrogen-bond acceptors (Lipinski definition) is 3. The topological polar surface area (TPSA) is 58.6 Å². The van der Waals surface area contributed by atoms with E-state index in [-0.39, 0.29) is 18.6 Å². The Morgan fingerprint density at radius 2 is 1.96 bits per heavy atom. The first kappa shape index (κ1) is 18.5. The molecule has 0 unspecified atom stereocenters. The van der Waals surface area contributed by atoms with Crippen molar-refractivity contribution in [3.8, 4) is 0 Å². The van der Waals surface area contributed by atoms with Gasteiger partial charge in [0.15, 0.2) is 0 Å². The molecule has 0 aliphatic carbocycles. The molecule has 2 amide bonds. The van der Waals surface area contributed by atoms with E-state index in [1.165, 1.54) is 4.90 Å². The molecular formula is C18H24N2O3. The van der Waals surface area contributed by atoms with E-state index in [0.717, 1.165) is 5.56 Å². The fraction of sp³-hybridized carbons (Fsp3) is 0.333. The summed E-state index contributed by atoms with van der Waals surface area (Å²) >= 11 is 0. The molecule has 5 heteroatoms. The van der Waals surface area contributed by atoms with Crippen LogP contribution in [-0.4, -0.2) is 37.1 Å². The number of benzene rings is 1. The summed E-state index contributed by atoms with van der Waals surface area (Å²) in [7, 11) is 1.63. The summed E-state index contributed by atoms with van der Waals surface area (Å²) in [5.74, 6) is -0.103. The zero-order valence-electron chi connectivity index (χ0n) is 13.5. The van der Waals surface area contributed by atoms with Gasteiger partial charge < -0.3 is 15.0 Å². The third kappa shape index (κ3) is 6.82. The van der Waals surface area contributed by atoms with Gasteiger partial charge in [-0.15, -0.1) is 13.2 Å². The summed E-state index contributed by atoms with van der Waals surface area (Å²) in [5.41, 5.74) is 0.888.